The van der Waals surface area contributed by atoms with Crippen LogP contribution in [0.15, 0.2) is 35.4 Å². The smallest absolute Gasteiger partial charge is 0.274 e. The first-order valence-corrected chi connectivity index (χ1v) is 12.0. The standard InChI is InChI=1S/C25H35N5O4/c1-16-13-29(21-15-32-21)9-10-30(16)18-7-8-20(26-12-18)27-19-11-17(14-28(6)22(19)31)23-33-24(2,3)25(4,5)34-23/h7-8,11-12,14,16,21,23H,9-10,13,15H2,1-6H3,(H,26,27)/t16-,21-/m0/s1. The van der Waals surface area contributed by atoms with Crippen LogP contribution in [0, 0.1) is 0 Å². The fourth-order valence-electron chi connectivity index (χ4n) is 4.59. The van der Waals surface area contributed by atoms with Crippen molar-refractivity contribution in [3.8, 4) is 0 Å². The van der Waals surface area contributed by atoms with Gasteiger partial charge in [0.2, 0.25) is 0 Å². The molecule has 5 heterocycles. The first-order valence-electron chi connectivity index (χ1n) is 12.0. The van der Waals surface area contributed by atoms with Crippen molar-refractivity contribution in [2.45, 2.75) is 64.4 Å². The van der Waals surface area contributed by atoms with Crippen molar-refractivity contribution < 1.29 is 14.2 Å². The van der Waals surface area contributed by atoms with Gasteiger partial charge in [0.05, 0.1) is 29.7 Å². The average Bonchev–Trinajstić information content (AvgIpc) is 3.59. The number of ether oxygens (including phenoxy) is 3. The van der Waals surface area contributed by atoms with E-state index in [0.717, 1.165) is 37.5 Å². The Bertz CT molecular complexity index is 1090. The molecule has 1 N–H and O–H groups in total. The summed E-state index contributed by atoms with van der Waals surface area (Å²) in [6, 6.07) is 6.14. The average molecular weight is 470 g/mol. The normalized spacial score (nSPS) is 26.6. The van der Waals surface area contributed by atoms with Crippen LogP contribution in [0.25, 0.3) is 0 Å². The van der Waals surface area contributed by atoms with Gasteiger partial charge in [-0.3, -0.25) is 9.69 Å². The van der Waals surface area contributed by atoms with E-state index in [0.29, 0.717) is 23.8 Å². The molecule has 5 rings (SSSR count). The molecule has 3 fully saturated rings. The zero-order valence-corrected chi connectivity index (χ0v) is 20.9. The number of epoxide rings is 1. The molecule has 0 spiro atoms. The number of rotatable bonds is 5. The van der Waals surface area contributed by atoms with Crippen molar-refractivity contribution in [1.29, 1.82) is 0 Å². The molecule has 0 unspecified atom stereocenters. The second-order valence-corrected chi connectivity index (χ2v) is 10.5. The van der Waals surface area contributed by atoms with Gasteiger partial charge in [0.15, 0.2) is 6.29 Å². The summed E-state index contributed by atoms with van der Waals surface area (Å²) in [6.07, 6.45) is 3.39. The largest absolute Gasteiger partial charge is 0.365 e. The number of aryl methyl sites for hydroxylation is 1. The molecule has 9 heteroatoms. The third-order valence-corrected chi connectivity index (χ3v) is 7.45. The molecular weight excluding hydrogens is 434 g/mol. The van der Waals surface area contributed by atoms with E-state index in [1.165, 1.54) is 0 Å². The number of nitrogens with zero attached hydrogens (tertiary/aromatic N) is 4. The number of aromatic nitrogens is 2. The van der Waals surface area contributed by atoms with E-state index in [1.807, 2.05) is 40.0 Å². The molecule has 0 radical (unpaired) electrons. The zero-order valence-electron chi connectivity index (χ0n) is 20.9. The predicted octanol–water partition coefficient (Wildman–Crippen LogP) is 2.99. The second kappa shape index (κ2) is 8.34. The Hall–Kier alpha value is -2.46. The van der Waals surface area contributed by atoms with Gasteiger partial charge in [-0.1, -0.05) is 0 Å². The van der Waals surface area contributed by atoms with Crippen molar-refractivity contribution in [3.63, 3.8) is 0 Å². The Labute approximate surface area is 200 Å². The van der Waals surface area contributed by atoms with E-state index in [2.05, 4.69) is 33.1 Å². The van der Waals surface area contributed by atoms with Crippen LogP contribution in [-0.4, -0.2) is 64.2 Å². The highest BCUT2D eigenvalue weighted by Gasteiger charge is 2.49. The monoisotopic (exact) mass is 469 g/mol. The van der Waals surface area contributed by atoms with Crippen molar-refractivity contribution >= 4 is 17.2 Å². The molecule has 0 aliphatic carbocycles. The summed E-state index contributed by atoms with van der Waals surface area (Å²) in [4.78, 5) is 22.2. The topological polar surface area (TPSA) is 84.4 Å². The van der Waals surface area contributed by atoms with Crippen LogP contribution >= 0.6 is 0 Å². The van der Waals surface area contributed by atoms with Crippen LogP contribution in [0.2, 0.25) is 0 Å². The lowest BCUT2D eigenvalue weighted by molar-refractivity contribution is -0.0898. The van der Waals surface area contributed by atoms with E-state index in [1.54, 1.807) is 23.9 Å². The van der Waals surface area contributed by atoms with Gasteiger partial charge < -0.3 is 29.0 Å². The molecule has 0 saturated carbocycles. The number of anilines is 3. The summed E-state index contributed by atoms with van der Waals surface area (Å²) in [7, 11) is 1.73. The maximum atomic E-state index is 12.8. The Kier molecular flexibility index (Phi) is 5.71. The maximum Gasteiger partial charge on any atom is 0.274 e. The fourth-order valence-corrected chi connectivity index (χ4v) is 4.59. The van der Waals surface area contributed by atoms with Gasteiger partial charge in [-0.05, 0) is 52.8 Å². The first kappa shape index (κ1) is 23.3. The fraction of sp³-hybridized carbons (Fsp3) is 0.600. The van der Waals surface area contributed by atoms with Gasteiger partial charge in [-0.2, -0.15) is 0 Å². The van der Waals surface area contributed by atoms with Gasteiger partial charge in [-0.15, -0.1) is 0 Å². The molecule has 3 aliphatic heterocycles. The zero-order chi connectivity index (χ0) is 24.3. The maximum absolute atomic E-state index is 12.8. The van der Waals surface area contributed by atoms with Gasteiger partial charge in [0.1, 0.15) is 17.7 Å². The molecule has 2 aromatic heterocycles. The molecule has 2 atom stereocenters. The minimum Gasteiger partial charge on any atom is -0.365 e. The number of hydrogen-bond donors (Lipinski definition) is 1. The number of piperazine rings is 1. The lowest BCUT2D eigenvalue weighted by Gasteiger charge is -2.40. The summed E-state index contributed by atoms with van der Waals surface area (Å²) in [5.74, 6) is 0.615. The molecule has 0 amide bonds. The van der Waals surface area contributed by atoms with Gasteiger partial charge in [0, 0.05) is 44.5 Å². The Morgan fingerprint density at radius 3 is 2.41 bits per heavy atom. The van der Waals surface area contributed by atoms with Crippen molar-refractivity contribution in [2.75, 3.05) is 36.5 Å². The number of pyridine rings is 2. The highest BCUT2D eigenvalue weighted by molar-refractivity contribution is 5.59. The SMILES string of the molecule is C[C@H]1CN([C@@H]2CO2)CCN1c1ccc(Nc2cc(C3OC(C)(C)C(C)(C)O3)cn(C)c2=O)nc1. The first-order chi connectivity index (χ1) is 16.0. The third kappa shape index (κ3) is 4.33. The molecule has 3 saturated heterocycles. The molecule has 2 aromatic rings. The van der Waals surface area contributed by atoms with E-state index in [-0.39, 0.29) is 5.56 Å². The number of nitrogens with one attached hydrogen (secondary N) is 1. The van der Waals surface area contributed by atoms with Crippen LogP contribution in [0.1, 0.15) is 46.5 Å². The quantitative estimate of drug-likeness (QED) is 0.669. The highest BCUT2D eigenvalue weighted by atomic mass is 16.7. The van der Waals surface area contributed by atoms with Gasteiger partial charge >= 0.3 is 0 Å². The Balaban J connectivity index is 1.31. The molecule has 0 bridgehead atoms. The summed E-state index contributed by atoms with van der Waals surface area (Å²) >= 11 is 0. The predicted molar refractivity (Wildman–Crippen MR) is 130 cm³/mol. The van der Waals surface area contributed by atoms with E-state index in [9.17, 15) is 4.79 Å². The minimum atomic E-state index is -0.547. The lowest BCUT2D eigenvalue weighted by atomic mass is 9.90. The summed E-state index contributed by atoms with van der Waals surface area (Å²) < 4.78 is 19.3. The van der Waals surface area contributed by atoms with Crippen LogP contribution in [0.5, 0.6) is 0 Å². The second-order valence-electron chi connectivity index (χ2n) is 10.5. The van der Waals surface area contributed by atoms with E-state index in [4.69, 9.17) is 14.2 Å². The summed E-state index contributed by atoms with van der Waals surface area (Å²) in [5.41, 5.74) is 1.25. The van der Waals surface area contributed by atoms with E-state index >= 15 is 0 Å². The summed E-state index contributed by atoms with van der Waals surface area (Å²) in [5, 5.41) is 3.19. The molecule has 9 nitrogen and oxygen atoms in total. The number of hydrogen-bond acceptors (Lipinski definition) is 8. The van der Waals surface area contributed by atoms with Crippen molar-refractivity contribution in [3.05, 3.63) is 46.5 Å². The van der Waals surface area contributed by atoms with Gasteiger partial charge in [-0.25, -0.2) is 4.98 Å². The van der Waals surface area contributed by atoms with Crippen LogP contribution in [0.4, 0.5) is 17.2 Å². The van der Waals surface area contributed by atoms with Crippen molar-refractivity contribution in [1.82, 2.24) is 14.5 Å². The van der Waals surface area contributed by atoms with Crippen LogP contribution < -0.4 is 15.8 Å². The molecule has 34 heavy (non-hydrogen) atoms. The summed E-state index contributed by atoms with van der Waals surface area (Å²) in [6.45, 7) is 14.0. The van der Waals surface area contributed by atoms with Crippen LogP contribution in [0.3, 0.4) is 0 Å². The molecule has 0 aromatic carbocycles. The minimum absolute atomic E-state index is 0.141. The third-order valence-electron chi connectivity index (χ3n) is 7.45. The van der Waals surface area contributed by atoms with Gasteiger partial charge in [0.25, 0.3) is 5.56 Å². The van der Waals surface area contributed by atoms with E-state index < -0.39 is 17.5 Å². The molecule has 184 valence electrons. The highest BCUT2D eigenvalue weighted by Crippen LogP contribution is 2.44. The Morgan fingerprint density at radius 2 is 1.82 bits per heavy atom. The van der Waals surface area contributed by atoms with Crippen LogP contribution in [-0.2, 0) is 21.3 Å². The molecule has 3 aliphatic rings. The van der Waals surface area contributed by atoms with Crippen molar-refractivity contribution in [2.24, 2.45) is 7.05 Å². The Morgan fingerprint density at radius 1 is 1.12 bits per heavy atom. The lowest BCUT2D eigenvalue weighted by Crippen LogP contribution is -2.52. The molecular formula is C25H35N5O4.